The molecule has 4 heteroatoms. The number of hydrogen-bond acceptors (Lipinski definition) is 3. The normalized spacial score (nSPS) is 22.6. The van der Waals surface area contributed by atoms with Crippen molar-refractivity contribution in [2.24, 2.45) is 5.92 Å². The number of nitrogens with zero attached hydrogens (tertiary/aromatic N) is 2. The molecule has 3 aromatic rings. The van der Waals surface area contributed by atoms with E-state index in [0.29, 0.717) is 19.4 Å². The van der Waals surface area contributed by atoms with Crippen molar-refractivity contribution < 1.29 is 9.59 Å². The predicted octanol–water partition coefficient (Wildman–Crippen LogP) is 3.73. The molecule has 0 saturated carbocycles. The summed E-state index contributed by atoms with van der Waals surface area (Å²) >= 11 is 0. The lowest BCUT2D eigenvalue weighted by molar-refractivity contribution is -0.149. The number of carbonyl (C=O) groups is 2. The number of rotatable bonds is 3. The zero-order valence-corrected chi connectivity index (χ0v) is 14.9. The van der Waals surface area contributed by atoms with Crippen LogP contribution in [0, 0.1) is 5.92 Å². The Hall–Kier alpha value is -2.98. The molecule has 3 aromatic carbocycles. The highest BCUT2D eigenvalue weighted by Gasteiger charge is 2.52. The van der Waals surface area contributed by atoms with Gasteiger partial charge in [0.05, 0.1) is 12.0 Å². The van der Waals surface area contributed by atoms with Crippen molar-refractivity contribution in [3.05, 3.63) is 83.9 Å². The summed E-state index contributed by atoms with van der Waals surface area (Å²) in [7, 11) is 0. The van der Waals surface area contributed by atoms with Crippen molar-refractivity contribution in [2.45, 2.75) is 18.9 Å². The fourth-order valence-corrected chi connectivity index (χ4v) is 4.52. The zero-order chi connectivity index (χ0) is 18.4. The minimum absolute atomic E-state index is 0.0701. The van der Waals surface area contributed by atoms with Gasteiger partial charge in [-0.15, -0.1) is 0 Å². The third-order valence-corrected chi connectivity index (χ3v) is 5.72. The molecule has 2 saturated heterocycles. The molecule has 5 rings (SSSR count). The lowest BCUT2D eigenvalue weighted by atomic mass is 9.86. The van der Waals surface area contributed by atoms with Crippen LogP contribution in [0.4, 0.5) is 0 Å². The Kier molecular flexibility index (Phi) is 3.80. The van der Waals surface area contributed by atoms with Gasteiger partial charge in [0.1, 0.15) is 0 Å². The number of amides is 2. The summed E-state index contributed by atoms with van der Waals surface area (Å²) in [6.45, 7) is 0.601. The van der Waals surface area contributed by atoms with Gasteiger partial charge in [0.25, 0.3) is 0 Å². The van der Waals surface area contributed by atoms with Gasteiger partial charge in [0.2, 0.25) is 11.8 Å². The molecule has 4 nitrogen and oxygen atoms in total. The largest absolute Gasteiger partial charge is 0.273 e. The van der Waals surface area contributed by atoms with Crippen molar-refractivity contribution in [3.8, 4) is 0 Å². The molecule has 2 aliphatic rings. The van der Waals surface area contributed by atoms with Gasteiger partial charge in [-0.2, -0.15) is 0 Å². The summed E-state index contributed by atoms with van der Waals surface area (Å²) in [4.78, 5) is 25.6. The van der Waals surface area contributed by atoms with Gasteiger partial charge in [-0.3, -0.25) is 9.59 Å². The first-order valence-corrected chi connectivity index (χ1v) is 9.39. The van der Waals surface area contributed by atoms with E-state index in [4.69, 9.17) is 0 Å². The Bertz CT molecular complexity index is 1030. The second-order valence-electron chi connectivity index (χ2n) is 7.27. The van der Waals surface area contributed by atoms with Crippen molar-refractivity contribution in [1.29, 1.82) is 0 Å². The van der Waals surface area contributed by atoms with Crippen LogP contribution < -0.4 is 0 Å². The highest BCUT2D eigenvalue weighted by molar-refractivity contribution is 6.00. The molecule has 0 N–H and O–H groups in total. The number of hydrogen-bond donors (Lipinski definition) is 0. The van der Waals surface area contributed by atoms with E-state index in [1.165, 1.54) is 5.01 Å². The molecule has 134 valence electrons. The van der Waals surface area contributed by atoms with Crippen LogP contribution in [0.3, 0.4) is 0 Å². The molecular weight excluding hydrogens is 336 g/mol. The molecule has 0 aliphatic carbocycles. The maximum Gasteiger partial charge on any atom is 0.249 e. The van der Waals surface area contributed by atoms with E-state index < -0.39 is 0 Å². The van der Waals surface area contributed by atoms with Crippen LogP contribution in [-0.2, 0) is 16.0 Å². The molecule has 0 spiro atoms. The summed E-state index contributed by atoms with van der Waals surface area (Å²) in [6.07, 6.45) is 1.04. The molecular formula is C23H20N2O2. The first-order valence-electron chi connectivity index (χ1n) is 9.39. The van der Waals surface area contributed by atoms with Gasteiger partial charge in [-0.05, 0) is 28.3 Å². The van der Waals surface area contributed by atoms with Crippen LogP contribution in [-0.4, -0.2) is 28.4 Å². The quantitative estimate of drug-likeness (QED) is 0.672. The van der Waals surface area contributed by atoms with Crippen LogP contribution in [0.25, 0.3) is 10.8 Å². The average molecular weight is 356 g/mol. The van der Waals surface area contributed by atoms with Gasteiger partial charge in [-0.1, -0.05) is 72.8 Å². The van der Waals surface area contributed by atoms with Crippen LogP contribution >= 0.6 is 0 Å². The number of benzene rings is 3. The Morgan fingerprint density at radius 3 is 2.44 bits per heavy atom. The summed E-state index contributed by atoms with van der Waals surface area (Å²) in [5.41, 5.74) is 2.25. The first-order chi connectivity index (χ1) is 13.2. The maximum absolute atomic E-state index is 13.2. The smallest absolute Gasteiger partial charge is 0.249 e. The monoisotopic (exact) mass is 356 g/mol. The van der Waals surface area contributed by atoms with Gasteiger partial charge < -0.3 is 0 Å². The first kappa shape index (κ1) is 16.2. The van der Waals surface area contributed by atoms with Crippen LogP contribution in [0.5, 0.6) is 0 Å². The molecule has 2 aliphatic heterocycles. The maximum atomic E-state index is 13.2. The number of hydrazine groups is 1. The number of imide groups is 1. The zero-order valence-electron chi connectivity index (χ0n) is 14.9. The Labute approximate surface area is 158 Å². The molecule has 0 aromatic heterocycles. The molecule has 2 fully saturated rings. The van der Waals surface area contributed by atoms with E-state index in [1.54, 1.807) is 0 Å². The molecule has 2 amide bonds. The average Bonchev–Trinajstić information content (AvgIpc) is 3.21. The summed E-state index contributed by atoms with van der Waals surface area (Å²) in [5, 5.41) is 5.70. The fourth-order valence-electron chi connectivity index (χ4n) is 4.52. The third-order valence-electron chi connectivity index (χ3n) is 5.72. The van der Waals surface area contributed by atoms with Gasteiger partial charge in [0, 0.05) is 13.0 Å². The number of fused-ring (bicyclic) bond motifs is 2. The molecule has 0 unspecified atom stereocenters. The molecule has 27 heavy (non-hydrogen) atoms. The van der Waals surface area contributed by atoms with E-state index in [9.17, 15) is 9.59 Å². The molecule has 2 heterocycles. The van der Waals surface area contributed by atoms with Crippen LogP contribution in [0.1, 0.15) is 23.6 Å². The van der Waals surface area contributed by atoms with E-state index in [0.717, 1.165) is 21.9 Å². The van der Waals surface area contributed by atoms with Gasteiger partial charge in [-0.25, -0.2) is 10.0 Å². The highest BCUT2D eigenvalue weighted by Crippen LogP contribution is 2.44. The van der Waals surface area contributed by atoms with E-state index in [1.807, 2.05) is 53.5 Å². The minimum Gasteiger partial charge on any atom is -0.273 e. The minimum atomic E-state index is -0.262. The Morgan fingerprint density at radius 2 is 1.59 bits per heavy atom. The van der Waals surface area contributed by atoms with Crippen molar-refractivity contribution in [2.75, 3.05) is 6.54 Å². The predicted molar refractivity (Wildman–Crippen MR) is 104 cm³/mol. The molecule has 2 atom stereocenters. The number of carbonyl (C=O) groups excluding carboxylic acids is 2. The molecule has 0 radical (unpaired) electrons. The van der Waals surface area contributed by atoms with E-state index >= 15 is 0 Å². The lowest BCUT2D eigenvalue weighted by Crippen LogP contribution is -2.36. The highest BCUT2D eigenvalue weighted by atomic mass is 16.2. The summed E-state index contributed by atoms with van der Waals surface area (Å²) in [6, 6.07) is 24.4. The van der Waals surface area contributed by atoms with Crippen molar-refractivity contribution >= 4 is 22.6 Å². The standard InChI is InChI=1S/C23H20N2O2/c26-21-13-14-24-22(19-12-6-10-17-9-4-5-11-18(17)19)20(23(27)25(21)24)15-16-7-2-1-3-8-16/h1-12,20,22H,13-15H2/t20-,22-/m0/s1. The second kappa shape index (κ2) is 6.32. The van der Waals surface area contributed by atoms with E-state index in [2.05, 4.69) is 24.3 Å². The van der Waals surface area contributed by atoms with Crippen LogP contribution in [0.15, 0.2) is 72.8 Å². The van der Waals surface area contributed by atoms with Gasteiger partial charge in [0.15, 0.2) is 0 Å². The second-order valence-corrected chi connectivity index (χ2v) is 7.27. The summed E-state index contributed by atoms with van der Waals surface area (Å²) in [5.74, 6) is -0.414. The Balaban J connectivity index is 1.64. The third kappa shape index (κ3) is 2.56. The fraction of sp³-hybridized carbons (Fsp3) is 0.217. The Morgan fingerprint density at radius 1 is 0.852 bits per heavy atom. The SMILES string of the molecule is O=C1CCN2[C@@H](c3cccc4ccccc34)[C@H](Cc3ccccc3)C(=O)N12. The van der Waals surface area contributed by atoms with E-state index in [-0.39, 0.29) is 23.8 Å². The topological polar surface area (TPSA) is 40.6 Å². The molecule has 0 bridgehead atoms. The lowest BCUT2D eigenvalue weighted by Gasteiger charge is -2.26. The van der Waals surface area contributed by atoms with Crippen LogP contribution in [0.2, 0.25) is 0 Å². The van der Waals surface area contributed by atoms with Gasteiger partial charge >= 0.3 is 0 Å². The van der Waals surface area contributed by atoms with Crippen molar-refractivity contribution in [3.63, 3.8) is 0 Å². The summed E-state index contributed by atoms with van der Waals surface area (Å²) < 4.78 is 0. The van der Waals surface area contributed by atoms with Crippen molar-refractivity contribution in [1.82, 2.24) is 10.0 Å².